The summed E-state index contributed by atoms with van der Waals surface area (Å²) in [5, 5.41) is 11.6. The average Bonchev–Trinajstić information content (AvgIpc) is 2.86. The molecule has 0 saturated carbocycles. The van der Waals surface area contributed by atoms with Gasteiger partial charge in [0.15, 0.2) is 5.82 Å². The van der Waals surface area contributed by atoms with Crippen LogP contribution in [0.15, 0.2) is 48.8 Å². The number of aliphatic hydroxyl groups excluding tert-OH is 1. The van der Waals surface area contributed by atoms with Crippen molar-refractivity contribution in [1.29, 1.82) is 0 Å². The number of benzene rings is 2. The molecule has 2 heterocycles. The third kappa shape index (κ3) is 4.17. The molecule has 1 aliphatic carbocycles. The van der Waals surface area contributed by atoms with Crippen LogP contribution in [-0.2, 0) is 11.2 Å². The monoisotopic (exact) mass is 494 g/mol. The molecule has 2 aliphatic rings. The predicted octanol–water partition coefficient (Wildman–Crippen LogP) is 4.33. The highest BCUT2D eigenvalue weighted by Crippen LogP contribution is 2.46. The van der Waals surface area contributed by atoms with Crippen LogP contribution in [0.1, 0.15) is 36.5 Å². The molecular weight excluding hydrogens is 467 g/mol. The first-order chi connectivity index (χ1) is 16.9. The second-order valence-corrected chi connectivity index (χ2v) is 9.71. The van der Waals surface area contributed by atoms with E-state index >= 15 is 4.39 Å². The van der Waals surface area contributed by atoms with Gasteiger partial charge in [-0.25, -0.2) is 14.4 Å². The summed E-state index contributed by atoms with van der Waals surface area (Å²) < 4.78 is 16.2. The van der Waals surface area contributed by atoms with Gasteiger partial charge in [-0.15, -0.1) is 0 Å². The second kappa shape index (κ2) is 9.55. The largest absolute Gasteiger partial charge is 0.392 e. The fraction of sp³-hybridized carbons (Fsp3) is 0.370. The highest BCUT2D eigenvalue weighted by molar-refractivity contribution is 6.32. The highest BCUT2D eigenvalue weighted by atomic mass is 35.5. The molecule has 2 aromatic carbocycles. The lowest BCUT2D eigenvalue weighted by Crippen LogP contribution is -2.48. The van der Waals surface area contributed by atoms with E-state index in [1.165, 1.54) is 6.33 Å². The van der Waals surface area contributed by atoms with E-state index < -0.39 is 11.9 Å². The molecule has 1 N–H and O–H groups in total. The molecule has 3 atom stereocenters. The van der Waals surface area contributed by atoms with Gasteiger partial charge in [0.2, 0.25) is 5.91 Å². The fourth-order valence-electron chi connectivity index (χ4n) is 5.41. The van der Waals surface area contributed by atoms with Crippen molar-refractivity contribution in [2.24, 2.45) is 5.92 Å². The Morgan fingerprint density at radius 1 is 1.20 bits per heavy atom. The second-order valence-electron chi connectivity index (χ2n) is 9.30. The van der Waals surface area contributed by atoms with E-state index in [0.717, 1.165) is 11.1 Å². The lowest BCUT2D eigenvalue weighted by Gasteiger charge is -2.37. The van der Waals surface area contributed by atoms with E-state index in [1.54, 1.807) is 23.1 Å². The molecule has 1 aliphatic heterocycles. The number of hydrogen-bond acceptors (Lipinski definition) is 5. The summed E-state index contributed by atoms with van der Waals surface area (Å²) in [4.78, 5) is 24.8. The number of nitrogens with zero attached hydrogens (tertiary/aromatic N) is 4. The predicted molar refractivity (Wildman–Crippen MR) is 135 cm³/mol. The number of halogens is 2. The summed E-state index contributed by atoms with van der Waals surface area (Å²) in [6.07, 6.45) is 4.62. The van der Waals surface area contributed by atoms with Crippen molar-refractivity contribution < 1.29 is 14.3 Å². The van der Waals surface area contributed by atoms with Crippen molar-refractivity contribution in [2.45, 2.75) is 32.3 Å². The lowest BCUT2D eigenvalue weighted by atomic mass is 9.71. The van der Waals surface area contributed by atoms with Crippen molar-refractivity contribution in [3.63, 3.8) is 0 Å². The number of anilines is 1. The van der Waals surface area contributed by atoms with Gasteiger partial charge < -0.3 is 14.9 Å². The number of aliphatic hydroxyl groups is 1. The van der Waals surface area contributed by atoms with Crippen LogP contribution in [0.25, 0.3) is 10.9 Å². The number of carbonyl (C=O) groups excluding carboxylic acids is 1. The molecule has 1 saturated heterocycles. The van der Waals surface area contributed by atoms with Gasteiger partial charge in [0.05, 0.1) is 6.10 Å². The van der Waals surface area contributed by atoms with Crippen LogP contribution in [0, 0.1) is 11.7 Å². The molecule has 35 heavy (non-hydrogen) atoms. The summed E-state index contributed by atoms with van der Waals surface area (Å²) >= 11 is 6.78. The van der Waals surface area contributed by atoms with Gasteiger partial charge in [-0.3, -0.25) is 4.79 Å². The minimum absolute atomic E-state index is 0.0116. The summed E-state index contributed by atoms with van der Waals surface area (Å²) in [5.41, 5.74) is 2.57. The Kier molecular flexibility index (Phi) is 6.47. The number of hydrogen-bond donors (Lipinski definition) is 1. The van der Waals surface area contributed by atoms with Crippen LogP contribution in [0.2, 0.25) is 5.02 Å². The number of piperazine rings is 1. The molecule has 0 spiro atoms. The van der Waals surface area contributed by atoms with Crippen molar-refractivity contribution in [2.75, 3.05) is 31.1 Å². The van der Waals surface area contributed by atoms with E-state index in [4.69, 9.17) is 11.6 Å². The Bertz CT molecular complexity index is 1310. The summed E-state index contributed by atoms with van der Waals surface area (Å²) in [6.45, 7) is 6.02. The lowest BCUT2D eigenvalue weighted by molar-refractivity contribution is -0.126. The maximum atomic E-state index is 16.2. The van der Waals surface area contributed by atoms with Crippen molar-refractivity contribution in [3.8, 4) is 0 Å². The van der Waals surface area contributed by atoms with Crippen molar-refractivity contribution >= 4 is 34.2 Å². The minimum Gasteiger partial charge on any atom is -0.392 e. The third-order valence-corrected chi connectivity index (χ3v) is 7.61. The van der Waals surface area contributed by atoms with Gasteiger partial charge in [0, 0.05) is 48.1 Å². The Balaban J connectivity index is 1.55. The minimum atomic E-state index is -0.594. The van der Waals surface area contributed by atoms with E-state index in [1.807, 2.05) is 43.0 Å². The van der Waals surface area contributed by atoms with Crippen molar-refractivity contribution in [3.05, 3.63) is 76.3 Å². The van der Waals surface area contributed by atoms with Gasteiger partial charge in [-0.1, -0.05) is 48.9 Å². The molecule has 1 amide bonds. The van der Waals surface area contributed by atoms with Crippen LogP contribution in [0.3, 0.4) is 0 Å². The zero-order valence-electron chi connectivity index (χ0n) is 19.8. The molecular formula is C27H28ClFN4O2. The van der Waals surface area contributed by atoms with Crippen LogP contribution >= 0.6 is 11.6 Å². The first kappa shape index (κ1) is 23.7. The Morgan fingerprint density at radius 2 is 1.94 bits per heavy atom. The molecule has 3 aromatic rings. The zero-order valence-corrected chi connectivity index (χ0v) is 20.5. The molecule has 1 unspecified atom stereocenters. The first-order valence-electron chi connectivity index (χ1n) is 12.0. The number of rotatable bonds is 3. The maximum Gasteiger partial charge on any atom is 0.246 e. The summed E-state index contributed by atoms with van der Waals surface area (Å²) in [6, 6.07) is 9.58. The zero-order chi connectivity index (χ0) is 24.7. The van der Waals surface area contributed by atoms with E-state index in [9.17, 15) is 9.90 Å². The molecule has 5 rings (SSSR count). The fourth-order valence-corrected chi connectivity index (χ4v) is 5.72. The summed E-state index contributed by atoms with van der Waals surface area (Å²) in [7, 11) is 0. The molecule has 0 radical (unpaired) electrons. The van der Waals surface area contributed by atoms with Gasteiger partial charge in [0.25, 0.3) is 0 Å². The summed E-state index contributed by atoms with van der Waals surface area (Å²) in [5.74, 6) is -0.469. The molecule has 1 aromatic heterocycles. The van der Waals surface area contributed by atoms with E-state index in [2.05, 4.69) is 9.97 Å². The number of fused-ring (bicyclic) bond motifs is 2. The van der Waals surface area contributed by atoms with E-state index in [-0.39, 0.29) is 23.3 Å². The van der Waals surface area contributed by atoms with Crippen LogP contribution < -0.4 is 4.90 Å². The van der Waals surface area contributed by atoms with Crippen LogP contribution in [-0.4, -0.2) is 58.2 Å². The standard InChI is InChI=1S/C27H28ClFN4O2/c1-3-6-22(35)32-9-11-33(12-10-32)27-19-14-20(28)24(25(29)26(19)30-15-31-27)23-16(2)21(34)13-17-7-4-5-8-18(17)23/h3-8,14-16,21,23,34H,9-13H2,1-2H3/b6-3+/t16-,21+,23?/m1/s1. The number of allylic oxidation sites excluding steroid dienone is 1. The molecule has 1 fully saturated rings. The third-order valence-electron chi connectivity index (χ3n) is 7.30. The van der Waals surface area contributed by atoms with Crippen molar-refractivity contribution in [1.82, 2.24) is 14.9 Å². The quantitative estimate of drug-likeness (QED) is 0.549. The van der Waals surface area contributed by atoms with Gasteiger partial charge in [0.1, 0.15) is 17.7 Å². The molecule has 182 valence electrons. The molecule has 0 bridgehead atoms. The van der Waals surface area contributed by atoms with Crippen LogP contribution in [0.4, 0.5) is 10.2 Å². The number of amides is 1. The Labute approximate surface area is 209 Å². The topological polar surface area (TPSA) is 69.6 Å². The van der Waals surface area contributed by atoms with E-state index in [0.29, 0.717) is 54.4 Å². The smallest absolute Gasteiger partial charge is 0.246 e. The van der Waals surface area contributed by atoms with Crippen LogP contribution in [0.5, 0.6) is 0 Å². The first-order valence-corrected chi connectivity index (χ1v) is 12.3. The Hall–Kier alpha value is -3.03. The van der Waals surface area contributed by atoms with Gasteiger partial charge in [-0.2, -0.15) is 0 Å². The average molecular weight is 495 g/mol. The number of aromatic nitrogens is 2. The van der Waals surface area contributed by atoms with Gasteiger partial charge in [-0.05, 0) is 42.5 Å². The normalized spacial score (nSPS) is 22.6. The molecule has 6 nitrogen and oxygen atoms in total. The maximum absolute atomic E-state index is 16.2. The highest BCUT2D eigenvalue weighted by Gasteiger charge is 2.37. The molecule has 8 heteroatoms. The Morgan fingerprint density at radius 3 is 2.69 bits per heavy atom. The van der Waals surface area contributed by atoms with Gasteiger partial charge >= 0.3 is 0 Å². The number of carbonyl (C=O) groups is 1. The SMILES string of the molecule is C/C=C/C(=O)N1CCN(c2ncnc3c(F)c(C4c5ccccc5C[C@H](O)[C@H]4C)c(Cl)cc23)CC1.